The molecule has 1 fully saturated rings. The van der Waals surface area contributed by atoms with Gasteiger partial charge in [-0.3, -0.25) is 9.59 Å². The van der Waals surface area contributed by atoms with E-state index in [9.17, 15) is 9.59 Å². The van der Waals surface area contributed by atoms with Gasteiger partial charge in [0.15, 0.2) is 0 Å². The molecule has 0 aromatic rings. The minimum atomic E-state index is -0.360. The van der Waals surface area contributed by atoms with Crippen molar-refractivity contribution in [3.63, 3.8) is 0 Å². The van der Waals surface area contributed by atoms with Crippen LogP contribution in [0.3, 0.4) is 0 Å². The van der Waals surface area contributed by atoms with Crippen LogP contribution in [0.5, 0.6) is 0 Å². The summed E-state index contributed by atoms with van der Waals surface area (Å²) in [7, 11) is 0. The van der Waals surface area contributed by atoms with Gasteiger partial charge in [-0.2, -0.15) is 0 Å². The summed E-state index contributed by atoms with van der Waals surface area (Å²) in [6, 6.07) is -0.463. The summed E-state index contributed by atoms with van der Waals surface area (Å²) >= 11 is 0. The quantitative estimate of drug-likeness (QED) is 0.803. The zero-order valence-corrected chi connectivity index (χ0v) is 12.9. The van der Waals surface area contributed by atoms with Crippen molar-refractivity contribution in [3.8, 4) is 0 Å². The van der Waals surface area contributed by atoms with Crippen molar-refractivity contribution in [1.82, 2.24) is 10.2 Å². The molecule has 1 saturated heterocycles. The predicted octanol–water partition coefficient (Wildman–Crippen LogP) is 2.33. The van der Waals surface area contributed by atoms with E-state index in [0.29, 0.717) is 6.42 Å². The van der Waals surface area contributed by atoms with E-state index in [-0.39, 0.29) is 35.9 Å². The third-order valence-electron chi connectivity index (χ3n) is 4.00. The Morgan fingerprint density at radius 1 is 1.21 bits per heavy atom. The Kier molecular flexibility index (Phi) is 5.83. The van der Waals surface area contributed by atoms with E-state index in [0.717, 1.165) is 19.3 Å². The van der Waals surface area contributed by atoms with Gasteiger partial charge in [-0.05, 0) is 25.2 Å². The lowest BCUT2D eigenvalue weighted by molar-refractivity contribution is -0.154. The fraction of sp³-hybridized carbons (Fsp3) is 0.867. The maximum atomic E-state index is 12.7. The molecule has 19 heavy (non-hydrogen) atoms. The standard InChI is InChI=1S/C15H28N2O2/c1-6-9-11(7-2)17-12(8-3)14(18)16-13(10(4)5)15(17)19/h10-13H,6-9H2,1-5H3,(H,16,18). The monoisotopic (exact) mass is 268 g/mol. The molecule has 0 aliphatic carbocycles. The van der Waals surface area contributed by atoms with Crippen LogP contribution in [-0.4, -0.2) is 34.8 Å². The summed E-state index contributed by atoms with van der Waals surface area (Å²) < 4.78 is 0. The van der Waals surface area contributed by atoms with Gasteiger partial charge in [-0.15, -0.1) is 0 Å². The summed E-state index contributed by atoms with van der Waals surface area (Å²) in [5, 5.41) is 2.89. The third kappa shape index (κ3) is 3.28. The summed E-state index contributed by atoms with van der Waals surface area (Å²) in [5.41, 5.74) is 0. The Balaban J connectivity index is 3.04. The topological polar surface area (TPSA) is 49.4 Å². The van der Waals surface area contributed by atoms with Gasteiger partial charge in [0, 0.05) is 6.04 Å². The Labute approximate surface area is 116 Å². The van der Waals surface area contributed by atoms with E-state index >= 15 is 0 Å². The fourth-order valence-electron chi connectivity index (χ4n) is 2.89. The highest BCUT2D eigenvalue weighted by Gasteiger charge is 2.43. The van der Waals surface area contributed by atoms with Crippen LogP contribution in [0.1, 0.15) is 60.3 Å². The first-order valence-corrected chi connectivity index (χ1v) is 7.60. The van der Waals surface area contributed by atoms with Gasteiger partial charge < -0.3 is 10.2 Å². The van der Waals surface area contributed by atoms with Gasteiger partial charge in [-0.1, -0.05) is 41.0 Å². The van der Waals surface area contributed by atoms with Crippen LogP contribution in [0, 0.1) is 5.92 Å². The number of amides is 2. The molecular weight excluding hydrogens is 240 g/mol. The van der Waals surface area contributed by atoms with Gasteiger partial charge in [0.2, 0.25) is 11.8 Å². The number of hydrogen-bond donors (Lipinski definition) is 1. The van der Waals surface area contributed by atoms with Crippen LogP contribution in [-0.2, 0) is 9.59 Å². The van der Waals surface area contributed by atoms with E-state index in [1.165, 1.54) is 0 Å². The second-order valence-electron chi connectivity index (χ2n) is 5.75. The largest absolute Gasteiger partial charge is 0.342 e. The lowest BCUT2D eigenvalue weighted by Crippen LogP contribution is -2.66. The SMILES string of the molecule is CCCC(CC)N1C(=O)C(C(C)C)NC(=O)C1CC. The number of hydrogen-bond acceptors (Lipinski definition) is 2. The molecule has 4 heteroatoms. The summed E-state index contributed by atoms with van der Waals surface area (Å²) in [6.07, 6.45) is 3.60. The molecule has 1 aliphatic heterocycles. The number of piperazine rings is 1. The Morgan fingerprint density at radius 3 is 2.26 bits per heavy atom. The summed E-state index contributed by atoms with van der Waals surface area (Å²) in [5.74, 6) is 0.244. The van der Waals surface area contributed by atoms with Crippen molar-refractivity contribution < 1.29 is 9.59 Å². The van der Waals surface area contributed by atoms with Crippen molar-refractivity contribution in [2.75, 3.05) is 0 Å². The maximum absolute atomic E-state index is 12.7. The van der Waals surface area contributed by atoms with E-state index < -0.39 is 0 Å². The summed E-state index contributed by atoms with van der Waals surface area (Å²) in [4.78, 5) is 26.8. The molecular formula is C15H28N2O2. The Morgan fingerprint density at radius 2 is 1.84 bits per heavy atom. The molecule has 3 unspecified atom stereocenters. The fourth-order valence-corrected chi connectivity index (χ4v) is 2.89. The molecule has 0 bridgehead atoms. The zero-order valence-electron chi connectivity index (χ0n) is 12.9. The predicted molar refractivity (Wildman–Crippen MR) is 76.7 cm³/mol. The van der Waals surface area contributed by atoms with Crippen molar-refractivity contribution >= 4 is 11.8 Å². The molecule has 2 amide bonds. The van der Waals surface area contributed by atoms with Crippen LogP contribution in [0.2, 0.25) is 0 Å². The van der Waals surface area contributed by atoms with E-state index in [1.54, 1.807) is 0 Å². The molecule has 0 aromatic carbocycles. The van der Waals surface area contributed by atoms with Crippen molar-refractivity contribution in [1.29, 1.82) is 0 Å². The van der Waals surface area contributed by atoms with Crippen molar-refractivity contribution in [2.24, 2.45) is 5.92 Å². The first kappa shape index (κ1) is 16.0. The van der Waals surface area contributed by atoms with Gasteiger partial charge in [-0.25, -0.2) is 0 Å². The number of nitrogens with one attached hydrogen (secondary N) is 1. The average molecular weight is 268 g/mol. The molecule has 0 aromatic heterocycles. The van der Waals surface area contributed by atoms with Crippen molar-refractivity contribution in [3.05, 3.63) is 0 Å². The van der Waals surface area contributed by atoms with Crippen LogP contribution in [0.4, 0.5) is 0 Å². The minimum Gasteiger partial charge on any atom is -0.342 e. The number of nitrogens with zero attached hydrogens (tertiary/aromatic N) is 1. The van der Waals surface area contributed by atoms with Crippen LogP contribution in [0.25, 0.3) is 0 Å². The molecule has 0 saturated carbocycles. The molecule has 1 aliphatic rings. The minimum absolute atomic E-state index is 0.00959. The lowest BCUT2D eigenvalue weighted by atomic mass is 9.93. The molecule has 1 heterocycles. The Bertz CT molecular complexity index is 328. The number of carbonyl (C=O) groups excluding carboxylic acids is 2. The zero-order chi connectivity index (χ0) is 14.6. The normalized spacial score (nSPS) is 25.7. The van der Waals surface area contributed by atoms with Gasteiger partial charge in [0.1, 0.15) is 12.1 Å². The van der Waals surface area contributed by atoms with Crippen molar-refractivity contribution in [2.45, 2.75) is 78.4 Å². The van der Waals surface area contributed by atoms with E-state index in [1.807, 2.05) is 25.7 Å². The first-order chi connectivity index (χ1) is 8.97. The summed E-state index contributed by atoms with van der Waals surface area (Å²) in [6.45, 7) is 10.1. The second kappa shape index (κ2) is 6.92. The molecule has 1 N–H and O–H groups in total. The lowest BCUT2D eigenvalue weighted by Gasteiger charge is -2.44. The Hall–Kier alpha value is -1.06. The first-order valence-electron chi connectivity index (χ1n) is 7.60. The van der Waals surface area contributed by atoms with E-state index in [4.69, 9.17) is 0 Å². The highest BCUT2D eigenvalue weighted by Crippen LogP contribution is 2.23. The second-order valence-corrected chi connectivity index (χ2v) is 5.75. The smallest absolute Gasteiger partial charge is 0.246 e. The molecule has 3 atom stereocenters. The molecule has 4 nitrogen and oxygen atoms in total. The highest BCUT2D eigenvalue weighted by molar-refractivity contribution is 5.97. The number of carbonyl (C=O) groups is 2. The van der Waals surface area contributed by atoms with E-state index in [2.05, 4.69) is 19.2 Å². The molecule has 0 radical (unpaired) electrons. The van der Waals surface area contributed by atoms with Gasteiger partial charge >= 0.3 is 0 Å². The average Bonchev–Trinajstić information content (AvgIpc) is 2.37. The van der Waals surface area contributed by atoms with Gasteiger partial charge in [0.25, 0.3) is 0 Å². The highest BCUT2D eigenvalue weighted by atomic mass is 16.2. The van der Waals surface area contributed by atoms with Crippen LogP contribution >= 0.6 is 0 Å². The molecule has 0 spiro atoms. The van der Waals surface area contributed by atoms with Crippen LogP contribution < -0.4 is 5.32 Å². The van der Waals surface area contributed by atoms with Gasteiger partial charge in [0.05, 0.1) is 0 Å². The maximum Gasteiger partial charge on any atom is 0.246 e. The molecule has 1 rings (SSSR count). The third-order valence-corrected chi connectivity index (χ3v) is 4.00. The van der Waals surface area contributed by atoms with Crippen LogP contribution in [0.15, 0.2) is 0 Å². The number of rotatable bonds is 6. The molecule has 110 valence electrons.